The molecular formula is C16H19NO4. The van der Waals surface area contributed by atoms with E-state index in [9.17, 15) is 9.59 Å². The summed E-state index contributed by atoms with van der Waals surface area (Å²) in [6.45, 7) is 2.73. The van der Waals surface area contributed by atoms with Crippen LogP contribution in [0.25, 0.3) is 0 Å². The molecule has 21 heavy (non-hydrogen) atoms. The zero-order valence-corrected chi connectivity index (χ0v) is 12.0. The monoisotopic (exact) mass is 289 g/mol. The number of hydrogen-bond donors (Lipinski definition) is 0. The summed E-state index contributed by atoms with van der Waals surface area (Å²) >= 11 is 0. The van der Waals surface area contributed by atoms with Crippen LogP contribution in [0.3, 0.4) is 0 Å². The van der Waals surface area contributed by atoms with Crippen LogP contribution >= 0.6 is 0 Å². The minimum Gasteiger partial charge on any atom is -0.446 e. The molecule has 0 spiro atoms. The highest BCUT2D eigenvalue weighted by molar-refractivity contribution is 5.95. The zero-order valence-electron chi connectivity index (χ0n) is 12.0. The normalized spacial score (nSPS) is 26.7. The summed E-state index contributed by atoms with van der Waals surface area (Å²) in [5.41, 5.74) is 0.913. The Balaban J connectivity index is 1.80. The van der Waals surface area contributed by atoms with Crippen molar-refractivity contribution in [2.24, 2.45) is 5.92 Å². The molecule has 0 N–H and O–H groups in total. The lowest BCUT2D eigenvalue weighted by Gasteiger charge is -2.25. The van der Waals surface area contributed by atoms with Gasteiger partial charge in [-0.15, -0.1) is 0 Å². The van der Waals surface area contributed by atoms with Gasteiger partial charge in [0.25, 0.3) is 0 Å². The lowest BCUT2D eigenvalue weighted by molar-refractivity contribution is -0.136. The molecule has 0 aromatic heterocycles. The highest BCUT2D eigenvalue weighted by Gasteiger charge is 2.42. The van der Waals surface area contributed by atoms with E-state index in [0.717, 1.165) is 18.4 Å². The van der Waals surface area contributed by atoms with Crippen LogP contribution in [0.15, 0.2) is 30.3 Å². The maximum Gasteiger partial charge on any atom is 0.417 e. The maximum absolute atomic E-state index is 12.7. The van der Waals surface area contributed by atoms with Crippen LogP contribution in [0, 0.1) is 5.92 Å². The number of cyclic esters (lactones) is 1. The first-order valence-corrected chi connectivity index (χ1v) is 7.35. The first-order valence-electron chi connectivity index (χ1n) is 7.35. The molecule has 2 amide bonds. The van der Waals surface area contributed by atoms with E-state index in [1.165, 1.54) is 4.90 Å². The molecule has 112 valence electrons. The first kappa shape index (κ1) is 14.1. The van der Waals surface area contributed by atoms with Crippen molar-refractivity contribution in [1.29, 1.82) is 0 Å². The Morgan fingerprint density at radius 1 is 1.33 bits per heavy atom. The van der Waals surface area contributed by atoms with Gasteiger partial charge >= 0.3 is 6.09 Å². The van der Waals surface area contributed by atoms with Gasteiger partial charge in [0.2, 0.25) is 5.91 Å². The second-order valence-corrected chi connectivity index (χ2v) is 5.55. The molecule has 2 aliphatic heterocycles. The van der Waals surface area contributed by atoms with Gasteiger partial charge in [0.15, 0.2) is 0 Å². The predicted octanol–water partition coefficient (Wildman–Crippen LogP) is 2.52. The summed E-state index contributed by atoms with van der Waals surface area (Å²) < 4.78 is 10.7. The Kier molecular flexibility index (Phi) is 3.92. The fourth-order valence-electron chi connectivity index (χ4n) is 2.96. The second kappa shape index (κ2) is 5.85. The molecule has 2 fully saturated rings. The van der Waals surface area contributed by atoms with Gasteiger partial charge in [-0.3, -0.25) is 4.79 Å². The molecule has 2 aliphatic rings. The number of ether oxygens (including phenoxy) is 2. The topological polar surface area (TPSA) is 55.8 Å². The standard InChI is InChI=1S/C16H19NO4/c1-11(14-8-5-9-20-14)15(18)17-13(10-21-16(17)19)12-6-3-2-4-7-12/h2-4,6-7,11,13-14H,5,8-10H2,1H3/t11-,13+,14-/m0/s1. The summed E-state index contributed by atoms with van der Waals surface area (Å²) in [6, 6.07) is 9.17. The van der Waals surface area contributed by atoms with Crippen LogP contribution in [0.5, 0.6) is 0 Å². The number of benzene rings is 1. The van der Waals surface area contributed by atoms with E-state index in [2.05, 4.69) is 0 Å². The first-order chi connectivity index (χ1) is 10.2. The molecule has 3 atom stereocenters. The van der Waals surface area contributed by atoms with Gasteiger partial charge < -0.3 is 9.47 Å². The fourth-order valence-corrected chi connectivity index (χ4v) is 2.96. The smallest absolute Gasteiger partial charge is 0.417 e. The van der Waals surface area contributed by atoms with Crippen molar-refractivity contribution in [3.05, 3.63) is 35.9 Å². The number of carbonyl (C=O) groups excluding carboxylic acids is 2. The fraction of sp³-hybridized carbons (Fsp3) is 0.500. The molecule has 2 saturated heterocycles. The summed E-state index contributed by atoms with van der Waals surface area (Å²) in [5.74, 6) is -0.539. The Morgan fingerprint density at radius 3 is 2.76 bits per heavy atom. The molecule has 0 saturated carbocycles. The number of imide groups is 1. The maximum atomic E-state index is 12.7. The molecule has 5 nitrogen and oxygen atoms in total. The molecule has 0 unspecified atom stereocenters. The highest BCUT2D eigenvalue weighted by atomic mass is 16.6. The highest BCUT2D eigenvalue weighted by Crippen LogP contribution is 2.31. The van der Waals surface area contributed by atoms with Crippen LogP contribution in [-0.4, -0.2) is 36.2 Å². The molecule has 0 radical (unpaired) electrons. The number of nitrogens with zero attached hydrogens (tertiary/aromatic N) is 1. The van der Waals surface area contributed by atoms with Gasteiger partial charge in [-0.1, -0.05) is 37.3 Å². The molecule has 0 aliphatic carbocycles. The van der Waals surface area contributed by atoms with Crippen molar-refractivity contribution in [3.8, 4) is 0 Å². The molecule has 1 aromatic rings. The summed E-state index contributed by atoms with van der Waals surface area (Å²) in [7, 11) is 0. The molecule has 3 rings (SSSR count). The number of carbonyl (C=O) groups is 2. The van der Waals surface area contributed by atoms with Crippen molar-refractivity contribution in [2.45, 2.75) is 31.9 Å². The van der Waals surface area contributed by atoms with Crippen molar-refractivity contribution in [2.75, 3.05) is 13.2 Å². The summed E-state index contributed by atoms with van der Waals surface area (Å²) in [6.07, 6.45) is 1.18. The van der Waals surface area contributed by atoms with Crippen molar-refractivity contribution >= 4 is 12.0 Å². The molecule has 2 heterocycles. The van der Waals surface area contributed by atoms with Gasteiger partial charge in [-0.2, -0.15) is 0 Å². The minimum absolute atomic E-state index is 0.0951. The van der Waals surface area contributed by atoms with E-state index >= 15 is 0 Å². The van der Waals surface area contributed by atoms with E-state index in [-0.39, 0.29) is 30.6 Å². The summed E-state index contributed by atoms with van der Waals surface area (Å²) in [4.78, 5) is 25.9. The lowest BCUT2D eigenvalue weighted by Crippen LogP contribution is -2.41. The quantitative estimate of drug-likeness (QED) is 0.858. The van der Waals surface area contributed by atoms with Crippen molar-refractivity contribution in [1.82, 2.24) is 4.90 Å². The van der Waals surface area contributed by atoms with E-state index in [1.54, 1.807) is 0 Å². The van der Waals surface area contributed by atoms with Gasteiger partial charge in [0, 0.05) is 6.61 Å². The SMILES string of the molecule is C[C@H](C(=O)N1C(=O)OC[C@@H]1c1ccccc1)[C@@H]1CCCO1. The Labute approximate surface area is 123 Å². The van der Waals surface area contributed by atoms with E-state index in [4.69, 9.17) is 9.47 Å². The largest absolute Gasteiger partial charge is 0.446 e. The zero-order chi connectivity index (χ0) is 14.8. The van der Waals surface area contributed by atoms with Crippen LogP contribution < -0.4 is 0 Å². The molecule has 0 bridgehead atoms. The van der Waals surface area contributed by atoms with Crippen LogP contribution in [-0.2, 0) is 14.3 Å². The number of hydrogen-bond acceptors (Lipinski definition) is 4. The Hall–Kier alpha value is -1.88. The summed E-state index contributed by atoms with van der Waals surface area (Å²) in [5, 5.41) is 0. The van der Waals surface area contributed by atoms with E-state index < -0.39 is 6.09 Å². The van der Waals surface area contributed by atoms with Crippen LogP contribution in [0.1, 0.15) is 31.4 Å². The number of amides is 2. The molecule has 5 heteroatoms. The Morgan fingerprint density at radius 2 is 2.10 bits per heavy atom. The van der Waals surface area contributed by atoms with Gasteiger partial charge in [0.1, 0.15) is 12.6 Å². The van der Waals surface area contributed by atoms with Crippen LogP contribution in [0.2, 0.25) is 0 Å². The molecule has 1 aromatic carbocycles. The van der Waals surface area contributed by atoms with Crippen molar-refractivity contribution < 1.29 is 19.1 Å². The number of rotatable bonds is 3. The van der Waals surface area contributed by atoms with E-state index in [1.807, 2.05) is 37.3 Å². The second-order valence-electron chi connectivity index (χ2n) is 5.55. The average molecular weight is 289 g/mol. The van der Waals surface area contributed by atoms with Crippen molar-refractivity contribution in [3.63, 3.8) is 0 Å². The Bertz CT molecular complexity index is 524. The van der Waals surface area contributed by atoms with Gasteiger partial charge in [-0.25, -0.2) is 9.69 Å². The lowest BCUT2D eigenvalue weighted by atomic mass is 9.99. The molecular weight excluding hydrogens is 270 g/mol. The van der Waals surface area contributed by atoms with E-state index in [0.29, 0.717) is 6.61 Å². The van der Waals surface area contributed by atoms with Crippen LogP contribution in [0.4, 0.5) is 4.79 Å². The predicted molar refractivity (Wildman–Crippen MR) is 75.5 cm³/mol. The third-order valence-electron chi connectivity index (χ3n) is 4.21. The van der Waals surface area contributed by atoms with Gasteiger partial charge in [0.05, 0.1) is 12.0 Å². The third kappa shape index (κ3) is 2.65. The average Bonchev–Trinajstić information content (AvgIpc) is 3.16. The third-order valence-corrected chi connectivity index (χ3v) is 4.21. The minimum atomic E-state index is -0.557. The van der Waals surface area contributed by atoms with Gasteiger partial charge in [-0.05, 0) is 18.4 Å².